The lowest BCUT2D eigenvalue weighted by atomic mass is 9.86. The Kier molecular flexibility index (Phi) is 3.11. The molecular formula is C16H20N6O. The monoisotopic (exact) mass is 312 g/mol. The first-order chi connectivity index (χ1) is 11.0. The number of anilines is 2. The third kappa shape index (κ3) is 2.46. The van der Waals surface area contributed by atoms with Crippen LogP contribution in [0, 0.1) is 12.3 Å². The van der Waals surface area contributed by atoms with Crippen LogP contribution >= 0.6 is 0 Å². The van der Waals surface area contributed by atoms with Gasteiger partial charge in [0.2, 0.25) is 5.91 Å². The van der Waals surface area contributed by atoms with Crippen LogP contribution in [0.1, 0.15) is 18.5 Å². The van der Waals surface area contributed by atoms with Crippen molar-refractivity contribution in [1.82, 2.24) is 20.0 Å². The largest absolute Gasteiger partial charge is 0.354 e. The molecule has 2 fully saturated rings. The van der Waals surface area contributed by atoms with E-state index in [9.17, 15) is 4.79 Å². The first-order valence-corrected chi connectivity index (χ1v) is 7.89. The number of hydrogen-bond donors (Lipinski definition) is 0. The lowest BCUT2D eigenvalue weighted by Crippen LogP contribution is -2.31. The van der Waals surface area contributed by atoms with E-state index in [1.807, 2.05) is 37.2 Å². The summed E-state index contributed by atoms with van der Waals surface area (Å²) in [5.74, 6) is 1.09. The molecule has 4 heterocycles. The van der Waals surface area contributed by atoms with Crippen LogP contribution in [-0.4, -0.2) is 45.5 Å². The van der Waals surface area contributed by atoms with Crippen LogP contribution < -0.4 is 9.80 Å². The van der Waals surface area contributed by atoms with Crippen molar-refractivity contribution < 1.29 is 4.79 Å². The number of carbonyl (C=O) groups is 1. The van der Waals surface area contributed by atoms with Crippen LogP contribution in [0.3, 0.4) is 0 Å². The van der Waals surface area contributed by atoms with Crippen molar-refractivity contribution in [3.8, 4) is 0 Å². The van der Waals surface area contributed by atoms with Crippen molar-refractivity contribution in [1.29, 1.82) is 0 Å². The summed E-state index contributed by atoms with van der Waals surface area (Å²) in [7, 11) is 1.87. The Morgan fingerprint density at radius 3 is 2.78 bits per heavy atom. The Balaban J connectivity index is 1.52. The van der Waals surface area contributed by atoms with Gasteiger partial charge in [0.15, 0.2) is 5.82 Å². The average molecular weight is 312 g/mol. The molecule has 0 aromatic carbocycles. The molecule has 7 heteroatoms. The fourth-order valence-electron chi connectivity index (χ4n) is 3.64. The summed E-state index contributed by atoms with van der Waals surface area (Å²) < 4.78 is 1.73. The maximum atomic E-state index is 12.5. The highest BCUT2D eigenvalue weighted by Gasteiger charge is 2.48. The Morgan fingerprint density at radius 1 is 1.22 bits per heavy atom. The molecule has 0 saturated carbocycles. The average Bonchev–Trinajstić information content (AvgIpc) is 3.20. The number of aromatic nitrogens is 4. The van der Waals surface area contributed by atoms with Crippen LogP contribution in [0.5, 0.6) is 0 Å². The molecule has 0 unspecified atom stereocenters. The highest BCUT2D eigenvalue weighted by molar-refractivity contribution is 5.96. The molecular weight excluding hydrogens is 292 g/mol. The zero-order valence-corrected chi connectivity index (χ0v) is 13.4. The number of amides is 1. The van der Waals surface area contributed by atoms with Crippen LogP contribution in [-0.2, 0) is 11.8 Å². The summed E-state index contributed by atoms with van der Waals surface area (Å²) in [5, 5.41) is 12.6. The van der Waals surface area contributed by atoms with E-state index in [-0.39, 0.29) is 11.3 Å². The quantitative estimate of drug-likeness (QED) is 0.832. The van der Waals surface area contributed by atoms with Gasteiger partial charge >= 0.3 is 0 Å². The van der Waals surface area contributed by atoms with E-state index in [0.717, 1.165) is 43.3 Å². The van der Waals surface area contributed by atoms with Crippen molar-refractivity contribution in [2.24, 2.45) is 12.5 Å². The van der Waals surface area contributed by atoms with Crippen molar-refractivity contribution in [3.05, 3.63) is 30.2 Å². The van der Waals surface area contributed by atoms with Gasteiger partial charge in [0.05, 0.1) is 17.6 Å². The third-order valence-corrected chi connectivity index (χ3v) is 4.87. The fourth-order valence-corrected chi connectivity index (χ4v) is 3.64. The molecule has 2 aliphatic rings. The predicted molar refractivity (Wildman–Crippen MR) is 86.2 cm³/mol. The number of hydrogen-bond acceptors (Lipinski definition) is 5. The molecule has 120 valence electrons. The van der Waals surface area contributed by atoms with Gasteiger partial charge in [-0.15, -0.1) is 5.10 Å². The molecule has 2 aromatic rings. The summed E-state index contributed by atoms with van der Waals surface area (Å²) in [6.07, 6.45) is 5.26. The number of rotatable bonds is 2. The smallest absolute Gasteiger partial charge is 0.227 e. The molecule has 0 N–H and O–H groups in total. The summed E-state index contributed by atoms with van der Waals surface area (Å²) in [6.45, 7) is 4.47. The fraction of sp³-hybridized carbons (Fsp3) is 0.500. The Bertz CT molecular complexity index is 739. The van der Waals surface area contributed by atoms with Gasteiger partial charge in [0, 0.05) is 44.7 Å². The SMILES string of the molecule is Cc1ccc(N2CC[C@@]3(CC(=O)N(c4cnn(C)c4)C3)C2)nn1. The predicted octanol–water partition coefficient (Wildman–Crippen LogP) is 1.15. The van der Waals surface area contributed by atoms with E-state index < -0.39 is 0 Å². The molecule has 23 heavy (non-hydrogen) atoms. The molecule has 4 rings (SSSR count). The molecule has 1 atom stereocenters. The van der Waals surface area contributed by atoms with Crippen molar-refractivity contribution in [2.45, 2.75) is 19.8 Å². The lowest BCUT2D eigenvalue weighted by Gasteiger charge is -2.24. The van der Waals surface area contributed by atoms with E-state index in [0.29, 0.717) is 6.42 Å². The summed E-state index contributed by atoms with van der Waals surface area (Å²) in [5.41, 5.74) is 1.82. The zero-order chi connectivity index (χ0) is 16.0. The van der Waals surface area contributed by atoms with Gasteiger partial charge in [0.1, 0.15) is 0 Å². The van der Waals surface area contributed by atoms with E-state index >= 15 is 0 Å². The Labute approximate surface area is 134 Å². The minimum absolute atomic E-state index is 0.0134. The van der Waals surface area contributed by atoms with Gasteiger partial charge in [-0.3, -0.25) is 9.48 Å². The van der Waals surface area contributed by atoms with Crippen molar-refractivity contribution in [3.63, 3.8) is 0 Å². The van der Waals surface area contributed by atoms with Crippen LogP contribution in [0.2, 0.25) is 0 Å². The summed E-state index contributed by atoms with van der Waals surface area (Å²) in [4.78, 5) is 16.6. The Hall–Kier alpha value is -2.44. The van der Waals surface area contributed by atoms with Gasteiger partial charge in [-0.1, -0.05) is 0 Å². The Morgan fingerprint density at radius 2 is 2.09 bits per heavy atom. The molecule has 2 aromatic heterocycles. The van der Waals surface area contributed by atoms with Gasteiger partial charge < -0.3 is 9.80 Å². The molecule has 0 radical (unpaired) electrons. The molecule has 1 amide bonds. The molecule has 0 bridgehead atoms. The highest BCUT2D eigenvalue weighted by atomic mass is 16.2. The lowest BCUT2D eigenvalue weighted by molar-refractivity contribution is -0.117. The van der Waals surface area contributed by atoms with E-state index in [2.05, 4.69) is 20.2 Å². The second-order valence-electron chi connectivity index (χ2n) is 6.73. The van der Waals surface area contributed by atoms with Gasteiger partial charge in [-0.25, -0.2) is 0 Å². The molecule has 2 saturated heterocycles. The second-order valence-corrected chi connectivity index (χ2v) is 6.73. The van der Waals surface area contributed by atoms with Gasteiger partial charge in [0.25, 0.3) is 0 Å². The van der Waals surface area contributed by atoms with E-state index in [1.165, 1.54) is 0 Å². The second kappa shape index (κ2) is 5.04. The van der Waals surface area contributed by atoms with Crippen molar-refractivity contribution in [2.75, 3.05) is 29.4 Å². The maximum Gasteiger partial charge on any atom is 0.227 e. The number of nitrogens with zero attached hydrogens (tertiary/aromatic N) is 6. The first-order valence-electron chi connectivity index (χ1n) is 7.89. The molecule has 7 nitrogen and oxygen atoms in total. The van der Waals surface area contributed by atoms with Gasteiger partial charge in [-0.2, -0.15) is 10.2 Å². The van der Waals surface area contributed by atoms with Gasteiger partial charge in [-0.05, 0) is 25.5 Å². The number of aryl methyl sites for hydroxylation is 2. The third-order valence-electron chi connectivity index (χ3n) is 4.87. The molecule has 2 aliphatic heterocycles. The van der Waals surface area contributed by atoms with Crippen molar-refractivity contribution >= 4 is 17.4 Å². The first kappa shape index (κ1) is 14.2. The minimum Gasteiger partial charge on any atom is -0.354 e. The topological polar surface area (TPSA) is 67.2 Å². The highest BCUT2D eigenvalue weighted by Crippen LogP contribution is 2.42. The standard InChI is InChI=1S/C16H20N6O/c1-12-3-4-14(19-18-12)21-6-5-16(10-21)7-15(23)22(11-16)13-8-17-20(2)9-13/h3-4,8-9H,5-7,10-11H2,1-2H3/t16-/m1/s1. The minimum atomic E-state index is 0.0134. The summed E-state index contributed by atoms with van der Waals surface area (Å²) in [6, 6.07) is 3.99. The molecule has 1 spiro atoms. The molecule has 0 aliphatic carbocycles. The van der Waals surface area contributed by atoms with Crippen LogP contribution in [0.25, 0.3) is 0 Å². The van der Waals surface area contributed by atoms with E-state index in [1.54, 1.807) is 10.9 Å². The summed E-state index contributed by atoms with van der Waals surface area (Å²) >= 11 is 0. The normalized spacial score (nSPS) is 24.2. The van der Waals surface area contributed by atoms with E-state index in [4.69, 9.17) is 0 Å². The van der Waals surface area contributed by atoms with Crippen LogP contribution in [0.15, 0.2) is 24.5 Å². The maximum absolute atomic E-state index is 12.5. The van der Waals surface area contributed by atoms with Crippen LogP contribution in [0.4, 0.5) is 11.5 Å². The zero-order valence-electron chi connectivity index (χ0n) is 13.4. The number of carbonyl (C=O) groups excluding carboxylic acids is 1.